The Bertz CT molecular complexity index is 709. The van der Waals surface area contributed by atoms with E-state index in [0.717, 1.165) is 11.4 Å². The molecule has 1 aromatic carbocycles. The molecule has 0 fully saturated rings. The Hall–Kier alpha value is -2.53. The van der Waals surface area contributed by atoms with E-state index < -0.39 is 11.9 Å². The van der Waals surface area contributed by atoms with Crippen LogP contribution in [0.25, 0.3) is 5.69 Å². The Labute approximate surface area is 115 Å². The van der Waals surface area contributed by atoms with Gasteiger partial charge in [0.25, 0.3) is 0 Å². The lowest BCUT2D eigenvalue weighted by Gasteiger charge is -2.15. The third-order valence-electron chi connectivity index (χ3n) is 3.13. The van der Waals surface area contributed by atoms with Crippen LogP contribution in [-0.4, -0.2) is 14.8 Å². The van der Waals surface area contributed by atoms with Gasteiger partial charge in [-0.1, -0.05) is 18.2 Å². The fourth-order valence-electron chi connectivity index (χ4n) is 2.13. The number of benzene rings is 1. The molecule has 1 atom stereocenters. The molecule has 0 bridgehead atoms. The van der Waals surface area contributed by atoms with E-state index in [1.54, 1.807) is 23.0 Å². The van der Waals surface area contributed by atoms with E-state index in [1.807, 2.05) is 30.3 Å². The molecule has 0 spiro atoms. The quantitative estimate of drug-likeness (QED) is 0.793. The fourth-order valence-corrected chi connectivity index (χ4v) is 2.13. The van der Waals surface area contributed by atoms with Crippen molar-refractivity contribution in [1.29, 1.82) is 0 Å². The van der Waals surface area contributed by atoms with Crippen LogP contribution in [0, 0.1) is 5.82 Å². The van der Waals surface area contributed by atoms with Crippen molar-refractivity contribution in [3.8, 4) is 5.69 Å². The molecule has 2 aromatic heterocycles. The van der Waals surface area contributed by atoms with Crippen molar-refractivity contribution in [3.63, 3.8) is 0 Å². The minimum absolute atomic E-state index is 0.401. The summed E-state index contributed by atoms with van der Waals surface area (Å²) in [6.07, 6.45) is 4.35. The lowest BCUT2D eigenvalue weighted by Crippen LogP contribution is -2.18. The number of nitrogens with zero attached hydrogens (tertiary/aromatic N) is 3. The average molecular weight is 268 g/mol. The molecule has 0 amide bonds. The minimum Gasteiger partial charge on any atom is -0.319 e. The maximum absolute atomic E-state index is 13.8. The van der Waals surface area contributed by atoms with Crippen molar-refractivity contribution >= 4 is 0 Å². The minimum atomic E-state index is -0.597. The fraction of sp³-hybridized carbons (Fsp3) is 0.0667. The number of halogens is 1. The van der Waals surface area contributed by atoms with E-state index >= 15 is 0 Å². The Morgan fingerprint density at radius 1 is 1.05 bits per heavy atom. The zero-order valence-corrected chi connectivity index (χ0v) is 10.6. The number of pyridine rings is 1. The number of hydrogen-bond acceptors (Lipinski definition) is 3. The summed E-state index contributed by atoms with van der Waals surface area (Å²) in [4.78, 5) is 3.74. The molecule has 0 aliphatic carbocycles. The zero-order chi connectivity index (χ0) is 13.9. The van der Waals surface area contributed by atoms with Crippen LogP contribution >= 0.6 is 0 Å². The number of nitrogens with two attached hydrogens (primary N) is 1. The van der Waals surface area contributed by atoms with Crippen LogP contribution in [0.3, 0.4) is 0 Å². The molecule has 0 aliphatic heterocycles. The smallest absolute Gasteiger partial charge is 0.146 e. The van der Waals surface area contributed by atoms with Crippen molar-refractivity contribution in [3.05, 3.63) is 78.1 Å². The van der Waals surface area contributed by atoms with Gasteiger partial charge in [-0.05, 0) is 24.3 Å². The van der Waals surface area contributed by atoms with Crippen molar-refractivity contribution < 1.29 is 4.39 Å². The molecule has 3 rings (SSSR count). The predicted octanol–water partition coefficient (Wildman–Crippen LogP) is 2.45. The zero-order valence-electron chi connectivity index (χ0n) is 10.6. The van der Waals surface area contributed by atoms with Gasteiger partial charge in [0.05, 0.1) is 23.6 Å². The summed E-state index contributed by atoms with van der Waals surface area (Å²) in [6.45, 7) is 0. The standard InChI is InChI=1S/C15H13FN4/c16-13-10-18-8-6-12(13)15(17)14-7-9-19-20(14)11-4-2-1-3-5-11/h1-10,15H,17H2. The topological polar surface area (TPSA) is 56.7 Å². The van der Waals surface area contributed by atoms with Gasteiger partial charge in [0, 0.05) is 18.0 Å². The molecule has 100 valence electrons. The van der Waals surface area contributed by atoms with Crippen molar-refractivity contribution in [2.45, 2.75) is 6.04 Å². The highest BCUT2D eigenvalue weighted by Crippen LogP contribution is 2.23. The first-order chi connectivity index (χ1) is 9.77. The Balaban J connectivity index is 2.04. The summed E-state index contributed by atoms with van der Waals surface area (Å²) >= 11 is 0. The van der Waals surface area contributed by atoms with Crippen molar-refractivity contribution in [2.75, 3.05) is 0 Å². The summed E-state index contributed by atoms with van der Waals surface area (Å²) < 4.78 is 15.5. The highest BCUT2D eigenvalue weighted by molar-refractivity contribution is 5.36. The highest BCUT2D eigenvalue weighted by atomic mass is 19.1. The van der Waals surface area contributed by atoms with E-state index in [-0.39, 0.29) is 0 Å². The number of hydrogen-bond donors (Lipinski definition) is 1. The summed E-state index contributed by atoms with van der Waals surface area (Å²) in [7, 11) is 0. The third-order valence-corrected chi connectivity index (χ3v) is 3.13. The second-order valence-corrected chi connectivity index (χ2v) is 4.38. The van der Waals surface area contributed by atoms with E-state index in [9.17, 15) is 4.39 Å². The predicted molar refractivity (Wildman–Crippen MR) is 73.8 cm³/mol. The molecule has 1 unspecified atom stereocenters. The first-order valence-corrected chi connectivity index (χ1v) is 6.21. The van der Waals surface area contributed by atoms with Crippen molar-refractivity contribution in [2.24, 2.45) is 5.73 Å². The van der Waals surface area contributed by atoms with E-state index in [1.165, 1.54) is 12.4 Å². The van der Waals surface area contributed by atoms with Crippen LogP contribution in [0.4, 0.5) is 4.39 Å². The first-order valence-electron chi connectivity index (χ1n) is 6.21. The van der Waals surface area contributed by atoms with Crippen LogP contribution in [0.1, 0.15) is 17.3 Å². The maximum atomic E-state index is 13.8. The molecule has 20 heavy (non-hydrogen) atoms. The SMILES string of the molecule is NC(c1ccncc1F)c1ccnn1-c1ccccc1. The van der Waals surface area contributed by atoms with Crippen LogP contribution in [0.5, 0.6) is 0 Å². The lowest BCUT2D eigenvalue weighted by molar-refractivity contribution is 0.586. The first kappa shape index (κ1) is 12.5. The van der Waals surface area contributed by atoms with Gasteiger partial charge < -0.3 is 5.73 Å². The largest absolute Gasteiger partial charge is 0.319 e. The molecular weight excluding hydrogens is 255 g/mol. The normalized spacial score (nSPS) is 12.3. The summed E-state index contributed by atoms with van der Waals surface area (Å²) in [6, 6.07) is 12.4. The van der Waals surface area contributed by atoms with Gasteiger partial charge >= 0.3 is 0 Å². The van der Waals surface area contributed by atoms with Crippen LogP contribution in [-0.2, 0) is 0 Å². The van der Waals surface area contributed by atoms with Crippen molar-refractivity contribution in [1.82, 2.24) is 14.8 Å². The number of para-hydroxylation sites is 1. The summed E-state index contributed by atoms with van der Waals surface area (Å²) in [5.41, 5.74) is 8.18. The molecule has 5 heteroatoms. The highest BCUT2D eigenvalue weighted by Gasteiger charge is 2.18. The second kappa shape index (κ2) is 5.22. The molecule has 2 heterocycles. The third kappa shape index (κ3) is 2.19. The maximum Gasteiger partial charge on any atom is 0.146 e. The van der Waals surface area contributed by atoms with E-state index in [4.69, 9.17) is 5.73 Å². The monoisotopic (exact) mass is 268 g/mol. The van der Waals surface area contributed by atoms with Gasteiger partial charge in [-0.3, -0.25) is 4.98 Å². The number of rotatable bonds is 3. The van der Waals surface area contributed by atoms with Crippen LogP contribution in [0.2, 0.25) is 0 Å². The molecule has 4 nitrogen and oxygen atoms in total. The average Bonchev–Trinajstić information content (AvgIpc) is 2.97. The van der Waals surface area contributed by atoms with E-state index in [2.05, 4.69) is 10.1 Å². The molecule has 0 saturated carbocycles. The molecule has 0 aliphatic rings. The summed E-state index contributed by atoms with van der Waals surface area (Å²) in [5.74, 6) is -0.416. The van der Waals surface area contributed by atoms with Crippen LogP contribution < -0.4 is 5.73 Å². The molecule has 0 radical (unpaired) electrons. The molecule has 3 aromatic rings. The van der Waals surface area contributed by atoms with Gasteiger partial charge in [-0.2, -0.15) is 5.10 Å². The van der Waals surface area contributed by atoms with E-state index in [0.29, 0.717) is 5.56 Å². The number of aromatic nitrogens is 3. The second-order valence-electron chi connectivity index (χ2n) is 4.38. The molecular formula is C15H13FN4. The summed E-state index contributed by atoms with van der Waals surface area (Å²) in [5, 5.41) is 4.26. The Morgan fingerprint density at radius 3 is 2.60 bits per heavy atom. The molecule has 0 saturated heterocycles. The van der Waals surface area contributed by atoms with Gasteiger partial charge in [0.1, 0.15) is 5.82 Å². The van der Waals surface area contributed by atoms with Gasteiger partial charge in [-0.25, -0.2) is 9.07 Å². The van der Waals surface area contributed by atoms with Crippen LogP contribution in [0.15, 0.2) is 61.1 Å². The Kier molecular flexibility index (Phi) is 3.26. The van der Waals surface area contributed by atoms with Gasteiger partial charge in [0.15, 0.2) is 0 Å². The lowest BCUT2D eigenvalue weighted by atomic mass is 10.1. The van der Waals surface area contributed by atoms with Gasteiger partial charge in [-0.15, -0.1) is 0 Å². The molecule has 2 N–H and O–H groups in total. The van der Waals surface area contributed by atoms with Gasteiger partial charge in [0.2, 0.25) is 0 Å². The Morgan fingerprint density at radius 2 is 1.85 bits per heavy atom.